The second kappa shape index (κ2) is 10.3. The molecule has 0 aliphatic carbocycles. The molecular formula is C27H30N6OS. The van der Waals surface area contributed by atoms with E-state index in [-0.39, 0.29) is 0 Å². The molecule has 2 aliphatic heterocycles. The number of thiophene rings is 1. The third-order valence-corrected chi connectivity index (χ3v) is 7.68. The molecule has 8 heteroatoms. The highest BCUT2D eigenvalue weighted by Crippen LogP contribution is 2.33. The van der Waals surface area contributed by atoms with Crippen LogP contribution in [0, 0.1) is 0 Å². The van der Waals surface area contributed by atoms with Crippen LogP contribution < -0.4 is 10.2 Å². The van der Waals surface area contributed by atoms with Crippen LogP contribution in [0.1, 0.15) is 24.8 Å². The van der Waals surface area contributed by atoms with Gasteiger partial charge in [-0.3, -0.25) is 4.90 Å². The van der Waals surface area contributed by atoms with Crippen LogP contribution in [0.5, 0.6) is 0 Å². The molecule has 4 aromatic rings. The van der Waals surface area contributed by atoms with Crippen LogP contribution in [-0.2, 0) is 11.3 Å². The van der Waals surface area contributed by atoms with Crippen molar-refractivity contribution in [3.05, 3.63) is 59.7 Å². The lowest BCUT2D eigenvalue weighted by Gasteiger charge is -2.27. The summed E-state index contributed by atoms with van der Waals surface area (Å²) in [5.74, 6) is 1.55. The van der Waals surface area contributed by atoms with Crippen molar-refractivity contribution in [2.75, 3.05) is 49.6 Å². The number of fused-ring (bicyclic) bond motifs is 1. The van der Waals surface area contributed by atoms with Crippen molar-refractivity contribution in [3.8, 4) is 11.1 Å². The molecular weight excluding hydrogens is 456 g/mol. The van der Waals surface area contributed by atoms with Crippen molar-refractivity contribution in [2.24, 2.45) is 0 Å². The molecule has 0 radical (unpaired) electrons. The molecule has 35 heavy (non-hydrogen) atoms. The van der Waals surface area contributed by atoms with Crippen molar-refractivity contribution in [3.63, 3.8) is 0 Å². The van der Waals surface area contributed by atoms with Gasteiger partial charge >= 0.3 is 0 Å². The van der Waals surface area contributed by atoms with Gasteiger partial charge in [0.25, 0.3) is 0 Å². The summed E-state index contributed by atoms with van der Waals surface area (Å²) < 4.78 is 6.52. The number of morpholine rings is 1. The fourth-order valence-corrected chi connectivity index (χ4v) is 5.70. The van der Waals surface area contributed by atoms with Crippen LogP contribution in [0.25, 0.3) is 21.3 Å². The average Bonchev–Trinajstić information content (AvgIpc) is 3.34. The van der Waals surface area contributed by atoms with E-state index in [1.807, 2.05) is 24.5 Å². The second-order valence-electron chi connectivity index (χ2n) is 9.22. The normalized spacial score (nSPS) is 17.1. The Morgan fingerprint density at radius 1 is 0.886 bits per heavy atom. The number of likely N-dealkylation sites (tertiary alicyclic amines) is 1. The lowest BCUT2D eigenvalue weighted by molar-refractivity contribution is 0.122. The zero-order chi connectivity index (χ0) is 23.5. The van der Waals surface area contributed by atoms with Crippen molar-refractivity contribution in [1.29, 1.82) is 0 Å². The Balaban J connectivity index is 1.17. The first kappa shape index (κ1) is 22.4. The van der Waals surface area contributed by atoms with E-state index in [1.165, 1.54) is 43.5 Å². The molecule has 0 spiro atoms. The highest BCUT2D eigenvalue weighted by atomic mass is 32.1. The Hall–Kier alpha value is -3.07. The number of rotatable bonds is 6. The van der Waals surface area contributed by atoms with E-state index in [4.69, 9.17) is 9.72 Å². The number of ether oxygens (including phenoxy) is 1. The molecule has 0 bridgehead atoms. The topological polar surface area (TPSA) is 66.4 Å². The number of anilines is 3. The minimum atomic E-state index is 0.583. The van der Waals surface area contributed by atoms with E-state index in [1.54, 1.807) is 11.3 Å². The third-order valence-electron chi connectivity index (χ3n) is 6.77. The molecule has 2 saturated heterocycles. The predicted octanol–water partition coefficient (Wildman–Crippen LogP) is 5.32. The van der Waals surface area contributed by atoms with Crippen LogP contribution in [0.2, 0.25) is 0 Å². The molecule has 3 aromatic heterocycles. The Kier molecular flexibility index (Phi) is 6.57. The summed E-state index contributed by atoms with van der Waals surface area (Å²) in [6.45, 7) is 6.72. The van der Waals surface area contributed by atoms with Gasteiger partial charge in [0.2, 0.25) is 5.95 Å². The number of benzene rings is 1. The number of hydrogen-bond donors (Lipinski definition) is 1. The first-order valence-electron chi connectivity index (χ1n) is 12.4. The van der Waals surface area contributed by atoms with Crippen LogP contribution in [0.4, 0.5) is 17.5 Å². The largest absolute Gasteiger partial charge is 0.378 e. The zero-order valence-corrected chi connectivity index (χ0v) is 20.6. The number of nitrogens with zero attached hydrogens (tertiary/aromatic N) is 5. The molecule has 2 fully saturated rings. The van der Waals surface area contributed by atoms with Gasteiger partial charge in [0, 0.05) is 30.6 Å². The summed E-state index contributed by atoms with van der Waals surface area (Å²) in [5, 5.41) is 5.50. The molecule has 0 atom stereocenters. The summed E-state index contributed by atoms with van der Waals surface area (Å²) in [6, 6.07) is 13.0. The number of pyridine rings is 1. The van der Waals surface area contributed by atoms with Gasteiger partial charge in [-0.2, -0.15) is 0 Å². The molecule has 0 saturated carbocycles. The van der Waals surface area contributed by atoms with E-state index in [2.05, 4.69) is 54.7 Å². The molecule has 6 rings (SSSR count). The van der Waals surface area contributed by atoms with Crippen molar-refractivity contribution < 1.29 is 4.74 Å². The van der Waals surface area contributed by atoms with Crippen LogP contribution in [0.15, 0.2) is 54.2 Å². The highest BCUT2D eigenvalue weighted by molar-refractivity contribution is 7.17. The van der Waals surface area contributed by atoms with Crippen LogP contribution in [0.3, 0.4) is 0 Å². The molecule has 7 nitrogen and oxygen atoms in total. The summed E-state index contributed by atoms with van der Waals surface area (Å²) in [5.41, 5.74) is 5.58. The Labute approximate surface area is 209 Å². The second-order valence-corrected chi connectivity index (χ2v) is 10.1. The average molecular weight is 487 g/mol. The number of hydrogen-bond acceptors (Lipinski definition) is 8. The lowest BCUT2D eigenvalue weighted by atomic mass is 10.0. The Bertz CT molecular complexity index is 1260. The van der Waals surface area contributed by atoms with Crippen molar-refractivity contribution in [2.45, 2.75) is 25.8 Å². The molecule has 0 amide bonds. The van der Waals surface area contributed by atoms with Crippen molar-refractivity contribution in [1.82, 2.24) is 19.9 Å². The van der Waals surface area contributed by atoms with Gasteiger partial charge in [-0.05, 0) is 49.2 Å². The summed E-state index contributed by atoms with van der Waals surface area (Å²) >= 11 is 1.69. The fraction of sp³-hybridized carbons (Fsp3) is 0.370. The minimum Gasteiger partial charge on any atom is -0.378 e. The van der Waals surface area contributed by atoms with E-state index in [9.17, 15) is 0 Å². The minimum absolute atomic E-state index is 0.583. The molecule has 2 aliphatic rings. The van der Waals surface area contributed by atoms with E-state index >= 15 is 0 Å². The van der Waals surface area contributed by atoms with E-state index in [0.717, 1.165) is 60.1 Å². The molecule has 1 aromatic carbocycles. The molecule has 180 valence electrons. The molecule has 1 N–H and O–H groups in total. The summed E-state index contributed by atoms with van der Waals surface area (Å²) in [7, 11) is 0. The van der Waals surface area contributed by atoms with Gasteiger partial charge in [0.15, 0.2) is 0 Å². The van der Waals surface area contributed by atoms with Gasteiger partial charge < -0.3 is 15.0 Å². The Morgan fingerprint density at radius 2 is 1.71 bits per heavy atom. The SMILES string of the molecule is c1cc(-c2csc3cnc(Nc4ccc(N5CCOCC5)nc4)nc23)ccc1CN1CCCCC1. The number of nitrogens with one attached hydrogen (secondary N) is 1. The van der Waals surface area contributed by atoms with Gasteiger partial charge in [-0.25, -0.2) is 15.0 Å². The van der Waals surface area contributed by atoms with E-state index < -0.39 is 0 Å². The number of aromatic nitrogens is 3. The third kappa shape index (κ3) is 5.15. The maximum absolute atomic E-state index is 5.43. The number of piperidine rings is 1. The highest BCUT2D eigenvalue weighted by Gasteiger charge is 2.14. The lowest BCUT2D eigenvalue weighted by Crippen LogP contribution is -2.36. The van der Waals surface area contributed by atoms with Gasteiger partial charge in [-0.15, -0.1) is 11.3 Å². The fourth-order valence-electron chi connectivity index (χ4n) is 4.83. The van der Waals surface area contributed by atoms with Gasteiger partial charge in [0.1, 0.15) is 5.82 Å². The first-order chi connectivity index (χ1) is 17.3. The van der Waals surface area contributed by atoms with Crippen LogP contribution >= 0.6 is 11.3 Å². The summed E-state index contributed by atoms with van der Waals surface area (Å²) in [4.78, 5) is 18.8. The van der Waals surface area contributed by atoms with E-state index in [0.29, 0.717) is 5.95 Å². The first-order valence-corrected chi connectivity index (χ1v) is 13.3. The zero-order valence-electron chi connectivity index (χ0n) is 19.8. The molecule has 0 unspecified atom stereocenters. The van der Waals surface area contributed by atoms with Gasteiger partial charge in [0.05, 0.1) is 41.5 Å². The quantitative estimate of drug-likeness (QED) is 0.396. The predicted molar refractivity (Wildman–Crippen MR) is 143 cm³/mol. The van der Waals surface area contributed by atoms with Crippen molar-refractivity contribution >= 4 is 39.0 Å². The monoisotopic (exact) mass is 486 g/mol. The standard InChI is InChI=1S/C27H30N6OS/c1-2-10-32(11-3-1)18-20-4-6-21(7-5-20)23-19-35-24-17-29-27(31-26(23)24)30-22-8-9-25(28-16-22)33-12-14-34-15-13-33/h4-9,16-17,19H,1-3,10-15,18H2,(H,29,30,31). The van der Waals surface area contributed by atoms with Gasteiger partial charge in [-0.1, -0.05) is 30.7 Å². The molecule has 5 heterocycles. The maximum atomic E-state index is 5.43. The maximum Gasteiger partial charge on any atom is 0.227 e. The smallest absolute Gasteiger partial charge is 0.227 e. The summed E-state index contributed by atoms with van der Waals surface area (Å²) in [6.07, 6.45) is 7.76. The Morgan fingerprint density at radius 3 is 2.49 bits per heavy atom. The van der Waals surface area contributed by atoms with Crippen LogP contribution in [-0.4, -0.2) is 59.2 Å².